The predicted molar refractivity (Wildman–Crippen MR) is 241 cm³/mol. The first kappa shape index (κ1) is 54.5. The first-order valence-corrected chi connectivity index (χ1v) is 24.5. The highest BCUT2D eigenvalue weighted by atomic mass is 32.2. The fourth-order valence-electron chi connectivity index (χ4n) is 5.69. The number of phenolic OH excluding ortho intramolecular Hbond substituents is 1. The van der Waals surface area contributed by atoms with Crippen molar-refractivity contribution in [1.82, 2.24) is 14.8 Å². The zero-order chi connectivity index (χ0) is 51.8. The van der Waals surface area contributed by atoms with E-state index in [0.29, 0.717) is 27.8 Å². The van der Waals surface area contributed by atoms with E-state index in [1.165, 1.54) is 59.7 Å². The van der Waals surface area contributed by atoms with E-state index in [2.05, 4.69) is 40.8 Å². The normalized spacial score (nSPS) is 11.3. The van der Waals surface area contributed by atoms with E-state index in [9.17, 15) is 31.6 Å². The van der Waals surface area contributed by atoms with Gasteiger partial charge in [0.25, 0.3) is 20.2 Å². The molecule has 32 heteroatoms. The van der Waals surface area contributed by atoms with Gasteiger partial charge in [0.2, 0.25) is 11.0 Å². The smallest absolute Gasteiger partial charge is 0.425 e. The van der Waals surface area contributed by atoms with Crippen molar-refractivity contribution in [3.8, 4) is 28.8 Å². The molecule has 70 heavy (non-hydrogen) atoms. The number of nitrogens with zero attached hydrogens (tertiary/aromatic N) is 9. The molecule has 0 aliphatic rings. The number of carbonyl (C=O) groups excluding carboxylic acids is 2. The molecule has 27 nitrogen and oxygen atoms in total. The van der Waals surface area contributed by atoms with Crippen LogP contribution in [0, 0.1) is 6.92 Å². The van der Waals surface area contributed by atoms with Gasteiger partial charge in [0.05, 0.1) is 47.3 Å². The van der Waals surface area contributed by atoms with Gasteiger partial charge in [-0.1, -0.05) is 29.5 Å². The molecule has 5 aromatic carbocycles. The second kappa shape index (κ2) is 24.8. The molecule has 0 bridgehead atoms. The Bertz CT molecular complexity index is 3560. The molecule has 2 aromatic heterocycles. The number of phenols is 1. The Kier molecular flexibility index (Phi) is 19.3. The Morgan fingerprint density at radius 3 is 1.91 bits per heavy atom. The maximum absolute atomic E-state index is 12.7. The Labute approximate surface area is 400 Å². The van der Waals surface area contributed by atoms with Crippen molar-refractivity contribution < 1.29 is 80.5 Å². The molecule has 0 saturated heterocycles. The number of azo groups is 3. The monoisotopic (exact) mass is 1060 g/mol. The predicted octanol–water partition coefficient (Wildman–Crippen LogP) is 6.92. The Morgan fingerprint density at radius 1 is 0.729 bits per heavy atom. The number of fused-ring (bicyclic) bond motifs is 2. The largest absolute Gasteiger partial charge is 0.505 e. The molecule has 0 aliphatic carbocycles. The van der Waals surface area contributed by atoms with E-state index >= 15 is 0 Å². The number of aromatic hydroxyl groups is 2. The van der Waals surface area contributed by atoms with Crippen molar-refractivity contribution in [2.75, 3.05) is 19.5 Å². The van der Waals surface area contributed by atoms with E-state index in [1.807, 2.05) is 24.3 Å². The highest BCUT2D eigenvalue weighted by Gasteiger charge is 2.23. The molecule has 0 aliphatic heterocycles. The molecular formula is C38H31N9O18S5. The van der Waals surface area contributed by atoms with Crippen LogP contribution in [0.15, 0.2) is 127 Å². The number of methoxy groups -OCH3 is 1. The molecule has 4 N–H and O–H groups in total. The van der Waals surface area contributed by atoms with Gasteiger partial charge in [-0.25, -0.2) is 4.98 Å². The van der Waals surface area contributed by atoms with E-state index < -0.39 is 63.7 Å². The molecule has 7 aromatic rings. The summed E-state index contributed by atoms with van der Waals surface area (Å²) in [6.45, 7) is 1.60. The summed E-state index contributed by atoms with van der Waals surface area (Å²) >= 11 is 1.35. The summed E-state index contributed by atoms with van der Waals surface area (Å²) in [6.07, 6.45) is 1.41. The lowest BCUT2D eigenvalue weighted by Gasteiger charge is -2.11. The number of rotatable bonds is 14. The van der Waals surface area contributed by atoms with Crippen LogP contribution in [0.5, 0.6) is 23.1 Å². The van der Waals surface area contributed by atoms with E-state index in [1.54, 1.807) is 37.3 Å². The lowest BCUT2D eigenvalue weighted by molar-refractivity contribution is -0.191. The van der Waals surface area contributed by atoms with Crippen LogP contribution in [-0.4, -0.2) is 102 Å². The summed E-state index contributed by atoms with van der Waals surface area (Å²) in [5, 5.41) is 51.4. The molecule has 2 heterocycles. The van der Waals surface area contributed by atoms with Gasteiger partial charge in [0, 0.05) is 16.8 Å². The summed E-state index contributed by atoms with van der Waals surface area (Å²) < 4.78 is 131. The molecule has 0 radical (unpaired) electrons. The lowest BCUT2D eigenvalue weighted by atomic mass is 10.1. The van der Waals surface area contributed by atoms with Crippen LogP contribution in [0.4, 0.5) is 33.6 Å². The number of hydrogen-bond donors (Lipinski definition) is 4. The topological polar surface area (TPSA) is 409 Å². The van der Waals surface area contributed by atoms with Gasteiger partial charge in [0.1, 0.15) is 33.5 Å². The Balaban J connectivity index is 0.000000880. The number of benzene rings is 5. The highest BCUT2D eigenvalue weighted by molar-refractivity contribution is 7.86. The van der Waals surface area contributed by atoms with Crippen LogP contribution in [-0.2, 0) is 51.0 Å². The van der Waals surface area contributed by atoms with Crippen LogP contribution >= 0.6 is 11.3 Å². The molecule has 0 fully saturated rings. The maximum Gasteiger partial charge on any atom is 0.425 e. The number of aromatic nitrogens is 3. The summed E-state index contributed by atoms with van der Waals surface area (Å²) in [6, 6.07) is 22.3. The lowest BCUT2D eigenvalue weighted by Crippen LogP contribution is -2.08. The summed E-state index contributed by atoms with van der Waals surface area (Å²) in [5.74, 6) is -0.725. The van der Waals surface area contributed by atoms with Gasteiger partial charge >= 0.3 is 27.4 Å². The number of para-hydroxylation sites is 1. The highest BCUT2D eigenvalue weighted by Crippen LogP contribution is 2.43. The van der Waals surface area contributed by atoms with Gasteiger partial charge in [-0.15, -0.1) is 55.9 Å². The minimum absolute atomic E-state index is 0.0355. The molecule has 0 amide bonds. The molecule has 7 rings (SSSR count). The first-order valence-electron chi connectivity index (χ1n) is 18.6. The minimum Gasteiger partial charge on any atom is -0.505 e. The average molecular weight is 1060 g/mol. The summed E-state index contributed by atoms with van der Waals surface area (Å²) in [5.41, 5.74) is 1.86. The van der Waals surface area contributed by atoms with Crippen molar-refractivity contribution in [3.63, 3.8) is 0 Å². The molecule has 0 atom stereocenters. The zero-order valence-electron chi connectivity index (χ0n) is 35.4. The fourth-order valence-corrected chi connectivity index (χ4v) is 7.79. The molecule has 0 unspecified atom stereocenters. The van der Waals surface area contributed by atoms with Crippen molar-refractivity contribution in [1.29, 1.82) is 0 Å². The maximum atomic E-state index is 12.7. The van der Waals surface area contributed by atoms with Gasteiger partial charge in [-0.2, -0.15) is 36.2 Å². The van der Waals surface area contributed by atoms with Crippen LogP contribution in [0.2, 0.25) is 0 Å². The number of ether oxygens (including phenoxy) is 2. The second-order valence-electron chi connectivity index (χ2n) is 13.0. The Hall–Kier alpha value is -8.10. The van der Waals surface area contributed by atoms with Crippen molar-refractivity contribution in [3.05, 3.63) is 96.7 Å². The quantitative estimate of drug-likeness (QED) is 0.0487. The van der Waals surface area contributed by atoms with Crippen LogP contribution in [0.1, 0.15) is 12.0 Å². The molecule has 366 valence electrons. The third-order valence-electron chi connectivity index (χ3n) is 8.52. The fraction of sp³-hybridized carbons (Fsp3) is 0.132. The van der Waals surface area contributed by atoms with Gasteiger partial charge in [-0.05, 0) is 79.6 Å². The number of thiazole rings is 1. The third kappa shape index (κ3) is 15.7. The average Bonchev–Trinajstić information content (AvgIpc) is 3.88. The van der Waals surface area contributed by atoms with Crippen LogP contribution in [0.25, 0.3) is 26.7 Å². The van der Waals surface area contributed by atoms with E-state index in [4.69, 9.17) is 48.9 Å². The Morgan fingerprint density at radius 2 is 1.30 bits per heavy atom. The van der Waals surface area contributed by atoms with Crippen molar-refractivity contribution in [2.24, 2.45) is 30.7 Å². The molecule has 0 saturated carbocycles. The standard InChI is InChI=1S/C37H31N9O10S3.CO2.2O3S/c1-21-18-30(32(56-16-5-17-58(49,50)51)19-29(21)42-45-37-39-26-6-3-4-7-33(26)57-37)43-40-27-14-13-25-24(34(27)47)12-15-28(35(25)59(52,53)54)41-44-31-20-38-46(36(31)48)22-8-10-23(55-2)11-9-22;2-1-3;2*1-4(2)3/h3-4,6-15,18-20,47-48H,5,16-17H2,1-2H3,(H,49,50,51)(H,52,53,54);;;. The zero-order valence-corrected chi connectivity index (χ0v) is 39.4. The van der Waals surface area contributed by atoms with E-state index in [0.717, 1.165) is 10.2 Å². The van der Waals surface area contributed by atoms with Gasteiger partial charge in [0.15, 0.2) is 11.4 Å². The number of aryl methyl sites for hydroxylation is 1. The van der Waals surface area contributed by atoms with Crippen LogP contribution < -0.4 is 9.47 Å². The third-order valence-corrected chi connectivity index (χ3v) is 11.2. The minimum atomic E-state index is -4.97. The van der Waals surface area contributed by atoms with E-state index in [-0.39, 0.29) is 58.5 Å². The van der Waals surface area contributed by atoms with Crippen molar-refractivity contribution in [2.45, 2.75) is 18.2 Å². The van der Waals surface area contributed by atoms with Crippen LogP contribution in [0.3, 0.4) is 0 Å². The summed E-state index contributed by atoms with van der Waals surface area (Å²) in [7, 11) is -13.9. The SMILES string of the molecule is COc1ccc(-n2ncc(N=Nc3ccc4c(O)c(N=Nc5cc(C)c(N=Nc6nc7ccccc7s6)cc5OCCCS(=O)(=O)O)ccc4c3S(=O)(=O)O)c2O)cc1.O=C=O.O=S(=O)=O.O=S(=O)=O. The van der Waals surface area contributed by atoms with Crippen molar-refractivity contribution >= 4 is 113 Å². The number of hydrogen-bond acceptors (Lipinski definition) is 25. The van der Waals surface area contributed by atoms with Gasteiger partial charge in [-0.3, -0.25) is 9.11 Å². The summed E-state index contributed by atoms with van der Waals surface area (Å²) in [4.78, 5) is 20.0. The molecule has 0 spiro atoms. The molecular weight excluding hydrogens is 1030 g/mol. The van der Waals surface area contributed by atoms with Gasteiger partial charge < -0.3 is 19.7 Å². The first-order chi connectivity index (χ1) is 33.1. The second-order valence-corrected chi connectivity index (χ2v) is 17.8.